The molecule has 0 spiro atoms. The second-order valence-electron chi connectivity index (χ2n) is 5.96. The number of fused-ring (bicyclic) bond motifs is 1. The van der Waals surface area contributed by atoms with E-state index in [9.17, 15) is 9.59 Å². The minimum absolute atomic E-state index is 0.153. The number of amides is 2. The Morgan fingerprint density at radius 2 is 2.29 bits per heavy atom. The smallest absolute Gasteiger partial charge is 0.317 e. The summed E-state index contributed by atoms with van der Waals surface area (Å²) in [5, 5.41) is 3.49. The van der Waals surface area contributed by atoms with Gasteiger partial charge in [-0.05, 0) is 25.5 Å². The number of carbonyl (C=O) groups excluding carboxylic acids is 1. The lowest BCUT2D eigenvalue weighted by Crippen LogP contribution is -2.42. The van der Waals surface area contributed by atoms with Crippen LogP contribution >= 0.6 is 0 Å². The normalized spacial score (nSPS) is 17.1. The average molecular weight is 330 g/mol. The van der Waals surface area contributed by atoms with Crippen molar-refractivity contribution in [1.29, 1.82) is 0 Å². The molecule has 0 radical (unpaired) electrons. The molecule has 1 atom stereocenters. The molecule has 1 saturated heterocycles. The first-order valence-corrected chi connectivity index (χ1v) is 8.26. The van der Waals surface area contributed by atoms with Crippen molar-refractivity contribution in [1.82, 2.24) is 20.2 Å². The summed E-state index contributed by atoms with van der Waals surface area (Å²) in [5.41, 5.74) is 0.450. The number of H-pyrrole nitrogens is 1. The summed E-state index contributed by atoms with van der Waals surface area (Å²) in [7, 11) is 0. The zero-order chi connectivity index (χ0) is 16.9. The van der Waals surface area contributed by atoms with E-state index in [1.54, 1.807) is 23.1 Å². The van der Waals surface area contributed by atoms with Crippen LogP contribution in [0, 0.1) is 5.92 Å². The van der Waals surface area contributed by atoms with Gasteiger partial charge in [-0.3, -0.25) is 4.79 Å². The molecule has 1 unspecified atom stereocenters. The molecule has 24 heavy (non-hydrogen) atoms. The molecule has 2 heterocycles. The van der Waals surface area contributed by atoms with E-state index in [0.717, 1.165) is 13.0 Å². The van der Waals surface area contributed by atoms with Crippen molar-refractivity contribution < 1.29 is 9.53 Å². The Labute approximate surface area is 140 Å². The van der Waals surface area contributed by atoms with Crippen molar-refractivity contribution in [2.45, 2.75) is 19.9 Å². The Morgan fingerprint density at radius 3 is 3.04 bits per heavy atom. The molecule has 7 nitrogen and oxygen atoms in total. The number of para-hydroxylation sites is 1. The molecule has 1 aliphatic rings. The number of rotatable bonds is 5. The monoisotopic (exact) mass is 330 g/mol. The first kappa shape index (κ1) is 16.4. The van der Waals surface area contributed by atoms with Gasteiger partial charge < -0.3 is 19.9 Å². The molecule has 2 aromatic rings. The molecular weight excluding hydrogens is 308 g/mol. The molecule has 128 valence electrons. The first-order valence-electron chi connectivity index (χ1n) is 8.26. The topological polar surface area (TPSA) is 87.3 Å². The number of aromatic amines is 1. The SMILES string of the molecule is CCN(Cc1nc2ccccc2c(=O)[nH]1)C(=O)NCC1CCOC1. The summed E-state index contributed by atoms with van der Waals surface area (Å²) < 4.78 is 5.31. The van der Waals surface area contributed by atoms with Gasteiger partial charge in [-0.25, -0.2) is 9.78 Å². The molecule has 1 aromatic carbocycles. The fourth-order valence-electron chi connectivity index (χ4n) is 2.81. The lowest BCUT2D eigenvalue weighted by Gasteiger charge is -2.21. The predicted molar refractivity (Wildman–Crippen MR) is 90.8 cm³/mol. The second kappa shape index (κ2) is 7.44. The van der Waals surface area contributed by atoms with Crippen molar-refractivity contribution in [3.05, 3.63) is 40.4 Å². The first-order chi connectivity index (χ1) is 11.7. The van der Waals surface area contributed by atoms with E-state index in [1.807, 2.05) is 13.0 Å². The lowest BCUT2D eigenvalue weighted by molar-refractivity contribution is 0.180. The quantitative estimate of drug-likeness (QED) is 0.869. The summed E-state index contributed by atoms with van der Waals surface area (Å²) in [6.45, 7) is 4.77. The van der Waals surface area contributed by atoms with Crippen LogP contribution in [0.3, 0.4) is 0 Å². The van der Waals surface area contributed by atoms with Crippen LogP contribution in [-0.2, 0) is 11.3 Å². The summed E-state index contributed by atoms with van der Waals surface area (Å²) in [4.78, 5) is 33.3. The van der Waals surface area contributed by atoms with Gasteiger partial charge in [0.1, 0.15) is 5.82 Å². The number of nitrogens with one attached hydrogen (secondary N) is 2. The van der Waals surface area contributed by atoms with E-state index in [2.05, 4.69) is 15.3 Å². The number of hydrogen-bond donors (Lipinski definition) is 2. The summed E-state index contributed by atoms with van der Waals surface area (Å²) in [6, 6.07) is 7.02. The van der Waals surface area contributed by atoms with Crippen LogP contribution in [0.2, 0.25) is 0 Å². The third-order valence-electron chi connectivity index (χ3n) is 4.24. The molecule has 0 aliphatic carbocycles. The summed E-state index contributed by atoms with van der Waals surface area (Å²) in [6.07, 6.45) is 0.978. The fraction of sp³-hybridized carbons (Fsp3) is 0.471. The molecule has 1 aliphatic heterocycles. The van der Waals surface area contributed by atoms with Crippen molar-refractivity contribution in [3.8, 4) is 0 Å². The molecule has 2 N–H and O–H groups in total. The van der Waals surface area contributed by atoms with Gasteiger partial charge in [-0.15, -0.1) is 0 Å². The van der Waals surface area contributed by atoms with Gasteiger partial charge in [0.05, 0.1) is 24.1 Å². The van der Waals surface area contributed by atoms with Crippen LogP contribution in [0.25, 0.3) is 10.9 Å². The number of hydrogen-bond acceptors (Lipinski definition) is 4. The van der Waals surface area contributed by atoms with Gasteiger partial charge in [-0.2, -0.15) is 0 Å². The number of nitrogens with zero attached hydrogens (tertiary/aromatic N) is 2. The van der Waals surface area contributed by atoms with E-state index in [-0.39, 0.29) is 18.1 Å². The van der Waals surface area contributed by atoms with Gasteiger partial charge in [0, 0.05) is 25.6 Å². The Balaban J connectivity index is 1.68. The highest BCUT2D eigenvalue weighted by Crippen LogP contribution is 2.11. The third-order valence-corrected chi connectivity index (χ3v) is 4.24. The van der Waals surface area contributed by atoms with Crippen LogP contribution in [0.1, 0.15) is 19.2 Å². The van der Waals surface area contributed by atoms with Crippen LogP contribution in [0.5, 0.6) is 0 Å². The van der Waals surface area contributed by atoms with Crippen molar-refractivity contribution in [2.75, 3.05) is 26.3 Å². The maximum atomic E-state index is 12.3. The lowest BCUT2D eigenvalue weighted by atomic mass is 10.1. The molecule has 0 bridgehead atoms. The minimum Gasteiger partial charge on any atom is -0.381 e. The van der Waals surface area contributed by atoms with Crippen molar-refractivity contribution in [3.63, 3.8) is 0 Å². The fourth-order valence-corrected chi connectivity index (χ4v) is 2.81. The second-order valence-corrected chi connectivity index (χ2v) is 5.96. The maximum Gasteiger partial charge on any atom is 0.317 e. The van der Waals surface area contributed by atoms with Gasteiger partial charge in [0.25, 0.3) is 5.56 Å². The Morgan fingerprint density at radius 1 is 1.46 bits per heavy atom. The Hall–Kier alpha value is -2.41. The predicted octanol–water partition coefficient (Wildman–Crippen LogP) is 1.49. The van der Waals surface area contributed by atoms with Crippen molar-refractivity contribution in [2.24, 2.45) is 5.92 Å². The Bertz CT molecular complexity index is 768. The van der Waals surface area contributed by atoms with Crippen LogP contribution in [0.15, 0.2) is 29.1 Å². The van der Waals surface area contributed by atoms with Crippen LogP contribution < -0.4 is 10.9 Å². The van der Waals surface area contributed by atoms with E-state index >= 15 is 0 Å². The largest absolute Gasteiger partial charge is 0.381 e. The van der Waals surface area contributed by atoms with Crippen LogP contribution in [0.4, 0.5) is 4.79 Å². The van der Waals surface area contributed by atoms with Gasteiger partial charge >= 0.3 is 6.03 Å². The van der Waals surface area contributed by atoms with E-state index in [0.29, 0.717) is 42.3 Å². The Kier molecular flexibility index (Phi) is 5.10. The van der Waals surface area contributed by atoms with E-state index in [4.69, 9.17) is 4.74 Å². The van der Waals surface area contributed by atoms with E-state index in [1.165, 1.54) is 0 Å². The number of aromatic nitrogens is 2. The molecule has 3 rings (SSSR count). The molecule has 1 aromatic heterocycles. The van der Waals surface area contributed by atoms with Gasteiger partial charge in [0.15, 0.2) is 0 Å². The average Bonchev–Trinajstić information content (AvgIpc) is 3.11. The minimum atomic E-state index is -0.185. The zero-order valence-corrected chi connectivity index (χ0v) is 13.7. The number of benzene rings is 1. The number of urea groups is 1. The van der Waals surface area contributed by atoms with Crippen LogP contribution in [-0.4, -0.2) is 47.2 Å². The number of ether oxygens (including phenoxy) is 1. The van der Waals surface area contributed by atoms with E-state index < -0.39 is 0 Å². The van der Waals surface area contributed by atoms with Gasteiger partial charge in [-0.1, -0.05) is 12.1 Å². The third kappa shape index (κ3) is 3.73. The molecule has 7 heteroatoms. The highest BCUT2D eigenvalue weighted by molar-refractivity contribution is 5.77. The highest BCUT2D eigenvalue weighted by Gasteiger charge is 2.19. The maximum absolute atomic E-state index is 12.3. The molecule has 0 saturated carbocycles. The summed E-state index contributed by atoms with van der Waals surface area (Å²) in [5.74, 6) is 0.867. The molecule has 1 fully saturated rings. The summed E-state index contributed by atoms with van der Waals surface area (Å²) >= 11 is 0. The number of carbonyl (C=O) groups is 1. The standard InChI is InChI=1S/C17H22N4O3/c1-2-21(17(23)18-9-12-7-8-24-11-12)10-15-19-14-6-4-3-5-13(14)16(22)20-15/h3-6,12H,2,7-11H2,1H3,(H,18,23)(H,19,20,22). The van der Waals surface area contributed by atoms with Crippen molar-refractivity contribution >= 4 is 16.9 Å². The zero-order valence-electron chi connectivity index (χ0n) is 13.7. The van der Waals surface area contributed by atoms with Gasteiger partial charge in [0.2, 0.25) is 0 Å². The molecular formula is C17H22N4O3. The highest BCUT2D eigenvalue weighted by atomic mass is 16.5. The molecule has 2 amide bonds.